The Labute approximate surface area is 141 Å². The SMILES string of the molecule is O=C(Cc1c(F)cccc1F)NCC(=O)Nc1ccc2cn[nH]c2c1. The maximum Gasteiger partial charge on any atom is 0.243 e. The number of nitrogens with one attached hydrogen (secondary N) is 3. The van der Waals surface area contributed by atoms with E-state index < -0.39 is 29.9 Å². The summed E-state index contributed by atoms with van der Waals surface area (Å²) in [5, 5.41) is 12.5. The van der Waals surface area contributed by atoms with E-state index in [-0.39, 0.29) is 12.1 Å². The Morgan fingerprint density at radius 2 is 1.84 bits per heavy atom. The average molecular weight is 344 g/mol. The van der Waals surface area contributed by atoms with Gasteiger partial charge in [0.25, 0.3) is 0 Å². The van der Waals surface area contributed by atoms with Crippen molar-refractivity contribution < 1.29 is 18.4 Å². The van der Waals surface area contributed by atoms with Gasteiger partial charge in [-0.15, -0.1) is 0 Å². The van der Waals surface area contributed by atoms with E-state index in [1.165, 1.54) is 6.07 Å². The molecular weight excluding hydrogens is 330 g/mol. The lowest BCUT2D eigenvalue weighted by Gasteiger charge is -2.08. The Kier molecular flexibility index (Phi) is 4.69. The van der Waals surface area contributed by atoms with Crippen molar-refractivity contribution in [3.63, 3.8) is 0 Å². The predicted octanol–water partition coefficient (Wildman–Crippen LogP) is 2.14. The summed E-state index contributed by atoms with van der Waals surface area (Å²) in [5.74, 6) is -2.70. The van der Waals surface area contributed by atoms with E-state index in [2.05, 4.69) is 20.8 Å². The zero-order chi connectivity index (χ0) is 17.8. The van der Waals surface area contributed by atoms with Gasteiger partial charge in [0.1, 0.15) is 11.6 Å². The highest BCUT2D eigenvalue weighted by molar-refractivity contribution is 5.96. The topological polar surface area (TPSA) is 86.9 Å². The molecule has 0 bridgehead atoms. The van der Waals surface area contributed by atoms with E-state index in [4.69, 9.17) is 0 Å². The molecule has 0 saturated heterocycles. The van der Waals surface area contributed by atoms with Gasteiger partial charge in [0, 0.05) is 16.6 Å². The molecule has 0 saturated carbocycles. The highest BCUT2D eigenvalue weighted by Crippen LogP contribution is 2.16. The maximum atomic E-state index is 13.5. The number of carbonyl (C=O) groups is 2. The quantitative estimate of drug-likeness (QED) is 0.663. The normalized spacial score (nSPS) is 10.6. The van der Waals surface area contributed by atoms with Crippen LogP contribution in [0.2, 0.25) is 0 Å². The second-order valence-corrected chi connectivity index (χ2v) is 5.37. The molecule has 2 amide bonds. The maximum absolute atomic E-state index is 13.5. The molecule has 0 aliphatic rings. The van der Waals surface area contributed by atoms with Crippen LogP contribution in [0.4, 0.5) is 14.5 Å². The van der Waals surface area contributed by atoms with E-state index in [1.54, 1.807) is 24.4 Å². The third kappa shape index (κ3) is 3.97. The largest absolute Gasteiger partial charge is 0.347 e. The Balaban J connectivity index is 1.54. The number of carbonyl (C=O) groups excluding carboxylic acids is 2. The van der Waals surface area contributed by atoms with Crippen LogP contribution >= 0.6 is 0 Å². The first-order valence-electron chi connectivity index (χ1n) is 7.45. The number of hydrogen-bond donors (Lipinski definition) is 3. The number of amides is 2. The fourth-order valence-corrected chi connectivity index (χ4v) is 2.32. The number of benzene rings is 2. The molecule has 1 heterocycles. The van der Waals surface area contributed by atoms with Gasteiger partial charge in [0.2, 0.25) is 11.8 Å². The van der Waals surface area contributed by atoms with Crippen molar-refractivity contribution in [3.8, 4) is 0 Å². The number of halogens is 2. The summed E-state index contributed by atoms with van der Waals surface area (Å²) in [4.78, 5) is 23.7. The first kappa shape index (κ1) is 16.6. The molecule has 2 aromatic carbocycles. The van der Waals surface area contributed by atoms with E-state index in [9.17, 15) is 18.4 Å². The molecule has 0 atom stereocenters. The summed E-state index contributed by atoms with van der Waals surface area (Å²) >= 11 is 0. The van der Waals surface area contributed by atoms with Crippen molar-refractivity contribution in [1.29, 1.82) is 0 Å². The molecular formula is C17H14F2N4O2. The van der Waals surface area contributed by atoms with Crippen LogP contribution in [-0.4, -0.2) is 28.6 Å². The van der Waals surface area contributed by atoms with Crippen molar-refractivity contribution in [2.45, 2.75) is 6.42 Å². The zero-order valence-corrected chi connectivity index (χ0v) is 13.0. The van der Waals surface area contributed by atoms with Crippen LogP contribution in [-0.2, 0) is 16.0 Å². The first-order chi connectivity index (χ1) is 12.0. The molecule has 6 nitrogen and oxygen atoms in total. The second kappa shape index (κ2) is 7.08. The minimum absolute atomic E-state index is 0.310. The Morgan fingerprint density at radius 1 is 1.08 bits per heavy atom. The molecule has 0 unspecified atom stereocenters. The first-order valence-corrected chi connectivity index (χ1v) is 7.45. The van der Waals surface area contributed by atoms with Gasteiger partial charge in [0.15, 0.2) is 0 Å². The molecule has 0 fully saturated rings. The minimum Gasteiger partial charge on any atom is -0.347 e. The average Bonchev–Trinajstić information content (AvgIpc) is 3.04. The van der Waals surface area contributed by atoms with Gasteiger partial charge in [-0.25, -0.2) is 8.78 Å². The number of aromatic nitrogens is 2. The lowest BCUT2D eigenvalue weighted by atomic mass is 10.1. The van der Waals surface area contributed by atoms with Crippen LogP contribution in [0.5, 0.6) is 0 Å². The summed E-state index contributed by atoms with van der Waals surface area (Å²) in [5.41, 5.74) is 0.970. The van der Waals surface area contributed by atoms with Crippen LogP contribution in [0.15, 0.2) is 42.6 Å². The van der Waals surface area contributed by atoms with Crippen LogP contribution < -0.4 is 10.6 Å². The molecule has 25 heavy (non-hydrogen) atoms. The van der Waals surface area contributed by atoms with Gasteiger partial charge in [-0.1, -0.05) is 6.07 Å². The van der Waals surface area contributed by atoms with Crippen molar-refractivity contribution in [2.75, 3.05) is 11.9 Å². The number of H-pyrrole nitrogens is 1. The number of anilines is 1. The van der Waals surface area contributed by atoms with Gasteiger partial charge >= 0.3 is 0 Å². The van der Waals surface area contributed by atoms with Crippen molar-refractivity contribution >= 4 is 28.4 Å². The van der Waals surface area contributed by atoms with Crippen LogP contribution in [0, 0.1) is 11.6 Å². The summed E-state index contributed by atoms with van der Waals surface area (Å²) in [6, 6.07) is 8.56. The summed E-state index contributed by atoms with van der Waals surface area (Å²) < 4.78 is 27.0. The number of nitrogens with zero attached hydrogens (tertiary/aromatic N) is 1. The number of hydrogen-bond acceptors (Lipinski definition) is 3. The third-order valence-electron chi connectivity index (χ3n) is 3.57. The molecule has 0 aliphatic heterocycles. The highest BCUT2D eigenvalue weighted by Gasteiger charge is 2.13. The minimum atomic E-state index is -0.799. The van der Waals surface area contributed by atoms with Gasteiger partial charge in [-0.2, -0.15) is 5.10 Å². The standard InChI is InChI=1S/C17H14F2N4O2/c18-13-2-1-3-14(19)12(13)7-16(24)20-9-17(25)22-11-5-4-10-8-21-23-15(10)6-11/h1-6,8H,7,9H2,(H,20,24)(H,21,23)(H,22,25). The van der Waals surface area contributed by atoms with Gasteiger partial charge in [0.05, 0.1) is 24.7 Å². The summed E-state index contributed by atoms with van der Waals surface area (Å²) in [6.45, 7) is -0.310. The van der Waals surface area contributed by atoms with Gasteiger partial charge in [-0.3, -0.25) is 14.7 Å². The lowest BCUT2D eigenvalue weighted by Crippen LogP contribution is -2.34. The summed E-state index contributed by atoms with van der Waals surface area (Å²) in [6.07, 6.45) is 1.18. The molecule has 3 N–H and O–H groups in total. The van der Waals surface area contributed by atoms with E-state index in [1.807, 2.05) is 0 Å². The smallest absolute Gasteiger partial charge is 0.243 e. The second-order valence-electron chi connectivity index (χ2n) is 5.37. The lowest BCUT2D eigenvalue weighted by molar-refractivity contribution is -0.123. The van der Waals surface area contributed by atoms with Gasteiger partial charge < -0.3 is 10.6 Å². The summed E-state index contributed by atoms with van der Waals surface area (Å²) in [7, 11) is 0. The monoisotopic (exact) mass is 344 g/mol. The molecule has 3 rings (SSSR count). The fraction of sp³-hybridized carbons (Fsp3) is 0.118. The zero-order valence-electron chi connectivity index (χ0n) is 13.0. The Hall–Kier alpha value is -3.29. The fourth-order valence-electron chi connectivity index (χ4n) is 2.32. The molecule has 0 spiro atoms. The Morgan fingerprint density at radius 3 is 2.60 bits per heavy atom. The molecule has 0 radical (unpaired) electrons. The number of rotatable bonds is 5. The van der Waals surface area contributed by atoms with E-state index in [0.29, 0.717) is 5.69 Å². The molecule has 128 valence electrons. The molecule has 0 aliphatic carbocycles. The number of fused-ring (bicyclic) bond motifs is 1. The van der Waals surface area contributed by atoms with E-state index >= 15 is 0 Å². The molecule has 8 heteroatoms. The number of aromatic amines is 1. The highest BCUT2D eigenvalue weighted by atomic mass is 19.1. The van der Waals surface area contributed by atoms with Crippen LogP contribution in [0.25, 0.3) is 10.9 Å². The van der Waals surface area contributed by atoms with Crippen molar-refractivity contribution in [1.82, 2.24) is 15.5 Å². The van der Waals surface area contributed by atoms with Crippen LogP contribution in [0.3, 0.4) is 0 Å². The van der Waals surface area contributed by atoms with Crippen molar-refractivity contribution in [3.05, 3.63) is 59.8 Å². The molecule has 3 aromatic rings. The third-order valence-corrected chi connectivity index (χ3v) is 3.57. The van der Waals surface area contributed by atoms with Gasteiger partial charge in [-0.05, 0) is 30.3 Å². The Bertz CT molecular complexity index is 919. The van der Waals surface area contributed by atoms with Crippen LogP contribution in [0.1, 0.15) is 5.56 Å². The molecule has 1 aromatic heterocycles. The van der Waals surface area contributed by atoms with E-state index in [0.717, 1.165) is 23.0 Å². The predicted molar refractivity (Wildman–Crippen MR) is 87.8 cm³/mol. The van der Waals surface area contributed by atoms with Crippen molar-refractivity contribution in [2.24, 2.45) is 0 Å².